The van der Waals surface area contributed by atoms with E-state index in [0.29, 0.717) is 11.3 Å². The van der Waals surface area contributed by atoms with Gasteiger partial charge in [0.25, 0.3) is 0 Å². The number of carbonyl (C=O) groups excluding carboxylic acids is 2. The molecule has 5 nitrogen and oxygen atoms in total. The molecule has 0 atom stereocenters. The van der Waals surface area contributed by atoms with Crippen LogP contribution in [0.1, 0.15) is 45.4 Å². The van der Waals surface area contributed by atoms with Gasteiger partial charge >= 0.3 is 5.97 Å². The van der Waals surface area contributed by atoms with Gasteiger partial charge in [-0.15, -0.1) is 0 Å². The van der Waals surface area contributed by atoms with E-state index in [9.17, 15) is 9.59 Å². The van der Waals surface area contributed by atoms with Crippen molar-refractivity contribution in [3.63, 3.8) is 0 Å². The van der Waals surface area contributed by atoms with Crippen LogP contribution in [0.4, 0.5) is 0 Å². The first-order chi connectivity index (χ1) is 12.7. The predicted octanol–water partition coefficient (Wildman–Crippen LogP) is 4.26. The van der Waals surface area contributed by atoms with Gasteiger partial charge in [0.15, 0.2) is 18.8 Å². The molecule has 1 saturated carbocycles. The third kappa shape index (κ3) is 3.42. The lowest BCUT2D eigenvalue weighted by atomic mass is 10.0. The molecule has 2 aromatic carbocycles. The summed E-state index contributed by atoms with van der Waals surface area (Å²) < 4.78 is 10.2. The minimum Gasteiger partial charge on any atom is -0.451 e. The third-order valence-corrected chi connectivity index (χ3v) is 4.39. The SMILES string of the molecule is O=C(COC(=O)c1ocnc1C1CC1)c1ccc(-c2ccccc2)cc1. The van der Waals surface area contributed by atoms with Crippen molar-refractivity contribution < 1.29 is 18.7 Å². The van der Waals surface area contributed by atoms with E-state index in [0.717, 1.165) is 24.0 Å². The number of esters is 1. The number of ketones is 1. The van der Waals surface area contributed by atoms with Crippen molar-refractivity contribution in [2.45, 2.75) is 18.8 Å². The molecule has 0 unspecified atom stereocenters. The Labute approximate surface area is 150 Å². The van der Waals surface area contributed by atoms with Gasteiger partial charge in [-0.25, -0.2) is 9.78 Å². The monoisotopic (exact) mass is 347 g/mol. The molecule has 26 heavy (non-hydrogen) atoms. The van der Waals surface area contributed by atoms with Crippen molar-refractivity contribution in [3.05, 3.63) is 78.0 Å². The number of Topliss-reactive ketones (excluding diaryl/α,β-unsaturated/α-hetero) is 1. The second-order valence-corrected chi connectivity index (χ2v) is 6.28. The van der Waals surface area contributed by atoms with Crippen LogP contribution in [0.3, 0.4) is 0 Å². The predicted molar refractivity (Wildman–Crippen MR) is 95.0 cm³/mol. The van der Waals surface area contributed by atoms with E-state index >= 15 is 0 Å². The van der Waals surface area contributed by atoms with Crippen molar-refractivity contribution in [2.24, 2.45) is 0 Å². The molecule has 1 fully saturated rings. The van der Waals surface area contributed by atoms with E-state index < -0.39 is 5.97 Å². The fourth-order valence-electron chi connectivity index (χ4n) is 2.81. The Balaban J connectivity index is 1.39. The molecule has 0 bridgehead atoms. The van der Waals surface area contributed by atoms with Gasteiger partial charge < -0.3 is 9.15 Å². The first-order valence-electron chi connectivity index (χ1n) is 8.51. The summed E-state index contributed by atoms with van der Waals surface area (Å²) in [4.78, 5) is 28.5. The molecule has 0 spiro atoms. The minimum absolute atomic E-state index is 0.111. The zero-order valence-electron chi connectivity index (χ0n) is 14.1. The van der Waals surface area contributed by atoms with Crippen LogP contribution in [-0.4, -0.2) is 23.3 Å². The molecule has 4 rings (SSSR count). The van der Waals surface area contributed by atoms with Gasteiger partial charge in [0.1, 0.15) is 0 Å². The molecule has 5 heteroatoms. The van der Waals surface area contributed by atoms with Gasteiger partial charge in [-0.2, -0.15) is 0 Å². The molecule has 0 aliphatic heterocycles. The van der Waals surface area contributed by atoms with Crippen molar-refractivity contribution in [1.29, 1.82) is 0 Å². The number of nitrogens with zero attached hydrogens (tertiary/aromatic N) is 1. The number of benzene rings is 2. The summed E-state index contributed by atoms with van der Waals surface area (Å²) in [5.41, 5.74) is 3.23. The smallest absolute Gasteiger partial charge is 0.376 e. The average molecular weight is 347 g/mol. The number of carbonyl (C=O) groups is 2. The second-order valence-electron chi connectivity index (χ2n) is 6.28. The maximum atomic E-state index is 12.3. The standard InChI is InChI=1S/C21H17NO4/c23-18(12-25-21(24)20-19(17-10-11-17)22-13-26-20)16-8-6-15(7-9-16)14-4-2-1-3-5-14/h1-9,13,17H,10-12H2. The topological polar surface area (TPSA) is 69.4 Å². The van der Waals surface area contributed by atoms with Crippen LogP contribution >= 0.6 is 0 Å². The number of ether oxygens (including phenoxy) is 1. The van der Waals surface area contributed by atoms with Crippen molar-refractivity contribution in [3.8, 4) is 11.1 Å². The summed E-state index contributed by atoms with van der Waals surface area (Å²) >= 11 is 0. The second kappa shape index (κ2) is 6.96. The number of hydrogen-bond acceptors (Lipinski definition) is 5. The lowest BCUT2D eigenvalue weighted by molar-refractivity contribution is 0.0442. The Morgan fingerprint density at radius 3 is 2.38 bits per heavy atom. The molecular formula is C21H17NO4. The van der Waals surface area contributed by atoms with Crippen molar-refractivity contribution in [1.82, 2.24) is 4.98 Å². The molecule has 1 aliphatic carbocycles. The zero-order valence-corrected chi connectivity index (χ0v) is 14.1. The molecule has 1 aliphatic rings. The van der Waals surface area contributed by atoms with Gasteiger partial charge in [-0.3, -0.25) is 4.79 Å². The van der Waals surface area contributed by atoms with Crippen LogP contribution in [0.2, 0.25) is 0 Å². The zero-order chi connectivity index (χ0) is 17.9. The minimum atomic E-state index is -0.640. The van der Waals surface area contributed by atoms with Crippen LogP contribution in [0, 0.1) is 0 Å². The largest absolute Gasteiger partial charge is 0.451 e. The first kappa shape index (κ1) is 16.3. The van der Waals surface area contributed by atoms with Gasteiger partial charge in [0.05, 0.1) is 5.69 Å². The molecule has 3 aromatic rings. The first-order valence-corrected chi connectivity index (χ1v) is 8.51. The Bertz CT molecular complexity index is 924. The quantitative estimate of drug-likeness (QED) is 0.492. The Morgan fingerprint density at radius 2 is 1.69 bits per heavy atom. The summed E-state index contributed by atoms with van der Waals surface area (Å²) in [7, 11) is 0. The van der Waals surface area contributed by atoms with E-state index in [1.54, 1.807) is 12.1 Å². The summed E-state index contributed by atoms with van der Waals surface area (Å²) in [6, 6.07) is 17.1. The van der Waals surface area contributed by atoms with Crippen LogP contribution in [0.5, 0.6) is 0 Å². The van der Waals surface area contributed by atoms with Gasteiger partial charge in [-0.1, -0.05) is 54.6 Å². The highest BCUT2D eigenvalue weighted by Gasteiger charge is 2.32. The highest BCUT2D eigenvalue weighted by molar-refractivity contribution is 5.99. The van der Waals surface area contributed by atoms with E-state index in [1.807, 2.05) is 42.5 Å². The van der Waals surface area contributed by atoms with Crippen LogP contribution < -0.4 is 0 Å². The van der Waals surface area contributed by atoms with Gasteiger partial charge in [0, 0.05) is 11.5 Å². The normalized spacial score (nSPS) is 13.4. The van der Waals surface area contributed by atoms with Crippen molar-refractivity contribution in [2.75, 3.05) is 6.61 Å². The summed E-state index contributed by atoms with van der Waals surface area (Å²) in [5, 5.41) is 0. The molecule has 0 radical (unpaired) electrons. The maximum absolute atomic E-state index is 12.3. The number of rotatable bonds is 6. The highest BCUT2D eigenvalue weighted by Crippen LogP contribution is 2.40. The Kier molecular flexibility index (Phi) is 4.35. The van der Waals surface area contributed by atoms with E-state index in [-0.39, 0.29) is 24.1 Å². The van der Waals surface area contributed by atoms with E-state index in [1.165, 1.54) is 6.39 Å². The molecule has 0 amide bonds. The van der Waals surface area contributed by atoms with E-state index in [4.69, 9.17) is 9.15 Å². The molecule has 1 heterocycles. The van der Waals surface area contributed by atoms with Gasteiger partial charge in [0.2, 0.25) is 5.76 Å². The summed E-state index contributed by atoms with van der Waals surface area (Å²) in [5.74, 6) is -0.513. The number of oxazole rings is 1. The fourth-order valence-corrected chi connectivity index (χ4v) is 2.81. The maximum Gasteiger partial charge on any atom is 0.376 e. The third-order valence-electron chi connectivity index (χ3n) is 4.39. The van der Waals surface area contributed by atoms with Crippen LogP contribution in [0.25, 0.3) is 11.1 Å². The lowest BCUT2D eigenvalue weighted by Gasteiger charge is -2.05. The molecule has 1 aromatic heterocycles. The Hall–Kier alpha value is -3.21. The average Bonchev–Trinajstić information content (AvgIpc) is 3.43. The van der Waals surface area contributed by atoms with Crippen LogP contribution in [-0.2, 0) is 4.74 Å². The number of hydrogen-bond donors (Lipinski definition) is 0. The number of aromatic nitrogens is 1. The molecule has 0 saturated heterocycles. The van der Waals surface area contributed by atoms with Gasteiger partial charge in [-0.05, 0) is 24.0 Å². The Morgan fingerprint density at radius 1 is 1.00 bits per heavy atom. The van der Waals surface area contributed by atoms with E-state index in [2.05, 4.69) is 4.98 Å². The molecule has 130 valence electrons. The lowest BCUT2D eigenvalue weighted by Crippen LogP contribution is -2.14. The fraction of sp³-hybridized carbons (Fsp3) is 0.190. The molecule has 0 N–H and O–H groups in total. The van der Waals surface area contributed by atoms with Crippen molar-refractivity contribution >= 4 is 11.8 Å². The summed E-state index contributed by atoms with van der Waals surface area (Å²) in [6.07, 6.45) is 3.24. The summed E-state index contributed by atoms with van der Waals surface area (Å²) in [6.45, 7) is -0.325. The molecular weight excluding hydrogens is 330 g/mol. The highest BCUT2D eigenvalue weighted by atomic mass is 16.5. The van der Waals surface area contributed by atoms with Crippen LogP contribution in [0.15, 0.2) is 65.4 Å².